The van der Waals surface area contributed by atoms with Crippen LogP contribution in [0.4, 0.5) is 11.4 Å². The lowest BCUT2D eigenvalue weighted by Crippen LogP contribution is -2.30. The van der Waals surface area contributed by atoms with Gasteiger partial charge in [0.05, 0.1) is 6.61 Å². The molecule has 3 heteroatoms. The van der Waals surface area contributed by atoms with Gasteiger partial charge in [0.15, 0.2) is 0 Å². The maximum Gasteiger partial charge on any atom is 0.128 e. The van der Waals surface area contributed by atoms with Gasteiger partial charge in [-0.15, -0.1) is 0 Å². The predicted octanol–water partition coefficient (Wildman–Crippen LogP) is 5.11. The summed E-state index contributed by atoms with van der Waals surface area (Å²) in [5.41, 5.74) is 3.79. The third-order valence-electron chi connectivity index (χ3n) is 4.84. The molecule has 1 fully saturated rings. The van der Waals surface area contributed by atoms with E-state index in [1.807, 2.05) is 6.92 Å². The van der Waals surface area contributed by atoms with Crippen LogP contribution >= 0.6 is 0 Å². The van der Waals surface area contributed by atoms with E-state index in [0.29, 0.717) is 6.61 Å². The van der Waals surface area contributed by atoms with Crippen LogP contribution in [-0.2, 0) is 0 Å². The minimum absolute atomic E-state index is 0.176. The molecule has 4 rings (SSSR count). The topological polar surface area (TPSA) is 15.7 Å². The summed E-state index contributed by atoms with van der Waals surface area (Å²) in [5, 5.41) is 0. The van der Waals surface area contributed by atoms with Gasteiger partial charge in [0.1, 0.15) is 11.9 Å². The van der Waals surface area contributed by atoms with Crippen LogP contribution in [0, 0.1) is 0 Å². The largest absolute Gasteiger partial charge is 0.494 e. The zero-order valence-corrected chi connectivity index (χ0v) is 15.1. The van der Waals surface area contributed by atoms with Crippen molar-refractivity contribution in [3.8, 4) is 5.75 Å². The summed E-state index contributed by atoms with van der Waals surface area (Å²) >= 11 is 0. The van der Waals surface area contributed by atoms with Crippen LogP contribution in [0.5, 0.6) is 5.75 Å². The molecule has 0 N–H and O–H groups in total. The Morgan fingerprint density at radius 3 is 1.69 bits per heavy atom. The van der Waals surface area contributed by atoms with Crippen LogP contribution in [0.1, 0.15) is 18.7 Å². The van der Waals surface area contributed by atoms with E-state index in [1.165, 1.54) is 16.9 Å². The first-order valence-corrected chi connectivity index (χ1v) is 9.23. The predicted molar refractivity (Wildman–Crippen MR) is 108 cm³/mol. The zero-order chi connectivity index (χ0) is 17.8. The molecule has 0 spiro atoms. The summed E-state index contributed by atoms with van der Waals surface area (Å²) in [6.45, 7) is 4.70. The Hall–Kier alpha value is -2.94. The molecule has 0 amide bonds. The van der Waals surface area contributed by atoms with Crippen molar-refractivity contribution in [2.45, 2.75) is 13.1 Å². The highest BCUT2D eigenvalue weighted by atomic mass is 16.5. The van der Waals surface area contributed by atoms with E-state index in [9.17, 15) is 0 Å². The first kappa shape index (κ1) is 16.5. The van der Waals surface area contributed by atoms with Gasteiger partial charge in [0.25, 0.3) is 0 Å². The lowest BCUT2D eigenvalue weighted by Gasteiger charge is -2.33. The molecule has 26 heavy (non-hydrogen) atoms. The number of nitrogens with zero attached hydrogens (tertiary/aromatic N) is 2. The number of ether oxygens (including phenoxy) is 1. The number of anilines is 2. The first-order valence-electron chi connectivity index (χ1n) is 9.23. The number of benzene rings is 3. The normalized spacial score (nSPS) is 14.7. The second-order valence-corrected chi connectivity index (χ2v) is 6.43. The Balaban J connectivity index is 1.72. The van der Waals surface area contributed by atoms with Crippen molar-refractivity contribution in [1.29, 1.82) is 0 Å². The summed E-state index contributed by atoms with van der Waals surface area (Å²) in [6.07, 6.45) is 0.176. The van der Waals surface area contributed by atoms with Crippen LogP contribution in [0.25, 0.3) is 0 Å². The summed E-state index contributed by atoms with van der Waals surface area (Å²) < 4.78 is 5.62. The van der Waals surface area contributed by atoms with Gasteiger partial charge in [0.2, 0.25) is 0 Å². The summed E-state index contributed by atoms with van der Waals surface area (Å²) in [4.78, 5) is 4.95. The monoisotopic (exact) mass is 344 g/mol. The Bertz CT molecular complexity index is 770. The van der Waals surface area contributed by atoms with E-state index in [-0.39, 0.29) is 6.17 Å². The summed E-state index contributed by atoms with van der Waals surface area (Å²) in [6, 6.07) is 29.9. The van der Waals surface area contributed by atoms with Gasteiger partial charge >= 0.3 is 0 Å². The van der Waals surface area contributed by atoms with E-state index in [2.05, 4.69) is 94.7 Å². The molecule has 0 atom stereocenters. The molecule has 0 aromatic heterocycles. The van der Waals surface area contributed by atoms with Crippen molar-refractivity contribution in [1.82, 2.24) is 0 Å². The minimum Gasteiger partial charge on any atom is -0.494 e. The van der Waals surface area contributed by atoms with Gasteiger partial charge in [-0.3, -0.25) is 0 Å². The van der Waals surface area contributed by atoms with Gasteiger partial charge in [-0.05, 0) is 48.9 Å². The Kier molecular flexibility index (Phi) is 4.78. The van der Waals surface area contributed by atoms with Crippen molar-refractivity contribution in [2.24, 2.45) is 0 Å². The summed E-state index contributed by atoms with van der Waals surface area (Å²) in [7, 11) is 0. The number of para-hydroxylation sites is 2. The van der Waals surface area contributed by atoms with Crippen molar-refractivity contribution in [3.05, 3.63) is 90.5 Å². The fourth-order valence-electron chi connectivity index (χ4n) is 3.67. The molecular weight excluding hydrogens is 320 g/mol. The molecular formula is C23H24N2O. The fourth-order valence-corrected chi connectivity index (χ4v) is 3.67. The highest BCUT2D eigenvalue weighted by molar-refractivity contribution is 5.59. The van der Waals surface area contributed by atoms with Crippen molar-refractivity contribution < 1.29 is 4.74 Å². The first-order chi connectivity index (χ1) is 12.9. The molecule has 0 aliphatic carbocycles. The molecule has 0 bridgehead atoms. The third-order valence-corrected chi connectivity index (χ3v) is 4.84. The SMILES string of the molecule is CCOc1ccc(C2N(c3ccccc3)CCN2c2ccccc2)cc1. The standard InChI is InChI=1S/C23H24N2O/c1-2-26-22-15-13-19(14-16-22)23-24(20-9-5-3-6-10-20)17-18-25(23)21-11-7-4-8-12-21/h3-16,23H,2,17-18H2,1H3. The van der Waals surface area contributed by atoms with Gasteiger partial charge in [0, 0.05) is 24.5 Å². The average Bonchev–Trinajstić information content (AvgIpc) is 3.15. The quantitative estimate of drug-likeness (QED) is 0.639. The van der Waals surface area contributed by atoms with Crippen LogP contribution < -0.4 is 14.5 Å². The summed E-state index contributed by atoms with van der Waals surface area (Å²) in [5.74, 6) is 0.923. The molecule has 0 radical (unpaired) electrons. The number of hydrogen-bond acceptors (Lipinski definition) is 3. The molecule has 1 aliphatic heterocycles. The molecule has 1 saturated heterocycles. The van der Waals surface area contributed by atoms with E-state index >= 15 is 0 Å². The molecule has 3 aromatic rings. The zero-order valence-electron chi connectivity index (χ0n) is 15.1. The molecule has 132 valence electrons. The highest BCUT2D eigenvalue weighted by Gasteiger charge is 2.33. The molecule has 0 unspecified atom stereocenters. The maximum absolute atomic E-state index is 5.62. The Morgan fingerprint density at radius 1 is 0.731 bits per heavy atom. The van der Waals surface area contributed by atoms with E-state index < -0.39 is 0 Å². The molecule has 1 heterocycles. The lowest BCUT2D eigenvalue weighted by molar-refractivity contribution is 0.340. The minimum atomic E-state index is 0.176. The van der Waals surface area contributed by atoms with Gasteiger partial charge in [-0.2, -0.15) is 0 Å². The van der Waals surface area contributed by atoms with E-state index in [1.54, 1.807) is 0 Å². The maximum atomic E-state index is 5.62. The lowest BCUT2D eigenvalue weighted by atomic mass is 10.1. The van der Waals surface area contributed by atoms with Gasteiger partial charge < -0.3 is 14.5 Å². The molecule has 0 saturated carbocycles. The molecule has 3 aromatic carbocycles. The number of rotatable bonds is 5. The smallest absolute Gasteiger partial charge is 0.128 e. The second kappa shape index (κ2) is 7.52. The van der Waals surface area contributed by atoms with Crippen LogP contribution in [0.3, 0.4) is 0 Å². The van der Waals surface area contributed by atoms with Crippen LogP contribution in [0.2, 0.25) is 0 Å². The molecule has 3 nitrogen and oxygen atoms in total. The van der Waals surface area contributed by atoms with Crippen molar-refractivity contribution >= 4 is 11.4 Å². The van der Waals surface area contributed by atoms with E-state index in [4.69, 9.17) is 4.74 Å². The van der Waals surface area contributed by atoms with Crippen LogP contribution in [-0.4, -0.2) is 19.7 Å². The molecule has 1 aliphatic rings. The fraction of sp³-hybridized carbons (Fsp3) is 0.217. The highest BCUT2D eigenvalue weighted by Crippen LogP contribution is 2.37. The average molecular weight is 344 g/mol. The van der Waals surface area contributed by atoms with Gasteiger partial charge in [-0.25, -0.2) is 0 Å². The van der Waals surface area contributed by atoms with Crippen molar-refractivity contribution in [2.75, 3.05) is 29.5 Å². The Labute approximate surface area is 155 Å². The Morgan fingerprint density at radius 2 is 1.23 bits per heavy atom. The van der Waals surface area contributed by atoms with Crippen LogP contribution in [0.15, 0.2) is 84.9 Å². The number of hydrogen-bond donors (Lipinski definition) is 0. The van der Waals surface area contributed by atoms with Crippen molar-refractivity contribution in [3.63, 3.8) is 0 Å². The third kappa shape index (κ3) is 3.25. The van der Waals surface area contributed by atoms with E-state index in [0.717, 1.165) is 18.8 Å². The second-order valence-electron chi connectivity index (χ2n) is 6.43. The van der Waals surface area contributed by atoms with Gasteiger partial charge in [-0.1, -0.05) is 48.5 Å².